The van der Waals surface area contributed by atoms with E-state index < -0.39 is 10.0 Å². The Hall–Kier alpha value is -0.140. The maximum atomic E-state index is 11.0. The third kappa shape index (κ3) is 1.96. The first-order valence-electron chi connectivity index (χ1n) is 3.21. The Kier molecular flexibility index (Phi) is 2.74. The van der Waals surface area contributed by atoms with Gasteiger partial charge in [0, 0.05) is 3.57 Å². The number of primary sulfonamides is 1. The van der Waals surface area contributed by atoms with Crippen molar-refractivity contribution in [3.05, 3.63) is 27.3 Å². The molecule has 3 nitrogen and oxygen atoms in total. The number of benzene rings is 1. The lowest BCUT2D eigenvalue weighted by Crippen LogP contribution is -2.15. The molecule has 1 aromatic rings. The van der Waals surface area contributed by atoms with Crippen molar-refractivity contribution in [2.45, 2.75) is 11.8 Å². The second-order valence-corrected chi connectivity index (χ2v) is 5.09. The van der Waals surface area contributed by atoms with Gasteiger partial charge in [-0.05, 0) is 41.1 Å². The number of rotatable bonds is 1. The molecule has 0 spiro atoms. The van der Waals surface area contributed by atoms with Gasteiger partial charge in [-0.1, -0.05) is 12.1 Å². The van der Waals surface area contributed by atoms with E-state index in [-0.39, 0.29) is 4.90 Å². The summed E-state index contributed by atoms with van der Waals surface area (Å²) in [5.41, 5.74) is 0.685. The quantitative estimate of drug-likeness (QED) is 0.793. The van der Waals surface area contributed by atoms with E-state index in [1.165, 1.54) is 0 Å². The van der Waals surface area contributed by atoms with Gasteiger partial charge >= 0.3 is 0 Å². The number of hydrogen-bond acceptors (Lipinski definition) is 2. The van der Waals surface area contributed by atoms with E-state index in [1.54, 1.807) is 25.1 Å². The lowest BCUT2D eigenvalue weighted by Gasteiger charge is -2.04. The first-order valence-corrected chi connectivity index (χ1v) is 5.83. The molecule has 5 heteroatoms. The molecule has 0 amide bonds. The Labute approximate surface area is 85.2 Å². The van der Waals surface area contributed by atoms with Crippen LogP contribution in [0.3, 0.4) is 0 Å². The van der Waals surface area contributed by atoms with Crippen LogP contribution in [0.15, 0.2) is 23.1 Å². The normalized spacial score (nSPS) is 11.6. The molecule has 0 atom stereocenters. The summed E-state index contributed by atoms with van der Waals surface area (Å²) in [6.45, 7) is 1.72. The van der Waals surface area contributed by atoms with E-state index in [1.807, 2.05) is 22.6 Å². The molecule has 0 aliphatic carbocycles. The zero-order valence-electron chi connectivity index (χ0n) is 6.41. The van der Waals surface area contributed by atoms with Gasteiger partial charge in [0.15, 0.2) is 0 Å². The van der Waals surface area contributed by atoms with Gasteiger partial charge < -0.3 is 0 Å². The average Bonchev–Trinajstić information content (AvgIpc) is 1.82. The summed E-state index contributed by atoms with van der Waals surface area (Å²) in [4.78, 5) is 0.227. The van der Waals surface area contributed by atoms with Gasteiger partial charge in [0.05, 0.1) is 4.90 Å². The Morgan fingerprint density at radius 3 is 2.33 bits per heavy atom. The SMILES string of the molecule is Cc1cccc(I)c1S(N)(=O)=O. The van der Waals surface area contributed by atoms with Crippen LogP contribution in [0, 0.1) is 10.5 Å². The summed E-state index contributed by atoms with van der Waals surface area (Å²) >= 11 is 1.95. The summed E-state index contributed by atoms with van der Waals surface area (Å²) in [5, 5.41) is 5.03. The topological polar surface area (TPSA) is 60.2 Å². The van der Waals surface area contributed by atoms with E-state index >= 15 is 0 Å². The fourth-order valence-corrected chi connectivity index (χ4v) is 3.39. The Morgan fingerprint density at radius 1 is 1.42 bits per heavy atom. The predicted molar refractivity (Wildman–Crippen MR) is 55.3 cm³/mol. The van der Waals surface area contributed by atoms with Crippen LogP contribution in [-0.4, -0.2) is 8.42 Å². The van der Waals surface area contributed by atoms with Crippen LogP contribution in [0.2, 0.25) is 0 Å². The summed E-state index contributed by atoms with van der Waals surface area (Å²) < 4.78 is 22.8. The molecule has 0 unspecified atom stereocenters. The van der Waals surface area contributed by atoms with Gasteiger partial charge in [-0.3, -0.25) is 0 Å². The minimum atomic E-state index is -3.57. The number of sulfonamides is 1. The second kappa shape index (κ2) is 3.31. The third-order valence-corrected chi connectivity index (χ3v) is 3.82. The highest BCUT2D eigenvalue weighted by atomic mass is 127. The number of halogens is 1. The van der Waals surface area contributed by atoms with Crippen LogP contribution in [0.5, 0.6) is 0 Å². The summed E-state index contributed by atoms with van der Waals surface area (Å²) in [6.07, 6.45) is 0. The van der Waals surface area contributed by atoms with Gasteiger partial charge in [-0.2, -0.15) is 0 Å². The van der Waals surface area contributed by atoms with Crippen LogP contribution < -0.4 is 5.14 Å². The van der Waals surface area contributed by atoms with Crippen molar-refractivity contribution < 1.29 is 8.42 Å². The molecule has 12 heavy (non-hydrogen) atoms. The van der Waals surface area contributed by atoms with Crippen molar-refractivity contribution in [2.75, 3.05) is 0 Å². The van der Waals surface area contributed by atoms with E-state index in [0.29, 0.717) is 9.13 Å². The molecule has 0 radical (unpaired) electrons. The van der Waals surface area contributed by atoms with Crippen LogP contribution >= 0.6 is 22.6 Å². The average molecular weight is 297 g/mol. The molecule has 0 bridgehead atoms. The molecule has 0 saturated heterocycles. The van der Waals surface area contributed by atoms with Gasteiger partial charge in [0.2, 0.25) is 10.0 Å². The monoisotopic (exact) mass is 297 g/mol. The minimum absolute atomic E-state index is 0.227. The smallest absolute Gasteiger partial charge is 0.225 e. The summed E-state index contributed by atoms with van der Waals surface area (Å²) in [7, 11) is -3.57. The largest absolute Gasteiger partial charge is 0.239 e. The first-order chi connectivity index (χ1) is 5.43. The van der Waals surface area contributed by atoms with Gasteiger partial charge in [0.1, 0.15) is 0 Å². The number of nitrogens with two attached hydrogens (primary N) is 1. The van der Waals surface area contributed by atoms with Crippen molar-refractivity contribution in [1.29, 1.82) is 0 Å². The molecule has 66 valence electrons. The maximum absolute atomic E-state index is 11.0. The molecule has 0 aromatic heterocycles. The van der Waals surface area contributed by atoms with E-state index in [0.717, 1.165) is 0 Å². The Morgan fingerprint density at radius 2 is 2.00 bits per heavy atom. The highest BCUT2D eigenvalue weighted by molar-refractivity contribution is 14.1. The van der Waals surface area contributed by atoms with Gasteiger partial charge in [-0.25, -0.2) is 13.6 Å². The van der Waals surface area contributed by atoms with Crippen LogP contribution in [0.4, 0.5) is 0 Å². The zero-order chi connectivity index (χ0) is 9.35. The van der Waals surface area contributed by atoms with Crippen molar-refractivity contribution in [1.82, 2.24) is 0 Å². The first kappa shape index (κ1) is 9.94. The van der Waals surface area contributed by atoms with Crippen LogP contribution in [-0.2, 0) is 10.0 Å². The van der Waals surface area contributed by atoms with Crippen molar-refractivity contribution in [3.8, 4) is 0 Å². The third-order valence-electron chi connectivity index (χ3n) is 1.45. The number of hydrogen-bond donors (Lipinski definition) is 1. The molecule has 0 aliphatic rings. The standard InChI is InChI=1S/C7H8INO2S/c1-5-3-2-4-6(8)7(5)12(9,10)11/h2-4H,1H3,(H2,9,10,11). The highest BCUT2D eigenvalue weighted by Gasteiger charge is 2.14. The van der Waals surface area contributed by atoms with Gasteiger partial charge in [-0.15, -0.1) is 0 Å². The van der Waals surface area contributed by atoms with E-state index in [2.05, 4.69) is 0 Å². The lowest BCUT2D eigenvalue weighted by atomic mass is 10.2. The summed E-state index contributed by atoms with van der Waals surface area (Å²) in [6, 6.07) is 5.24. The molecule has 1 rings (SSSR count). The number of aryl methyl sites for hydroxylation is 1. The molecule has 0 heterocycles. The van der Waals surface area contributed by atoms with E-state index in [9.17, 15) is 8.42 Å². The molecule has 0 saturated carbocycles. The Bertz CT molecular complexity index is 380. The van der Waals surface area contributed by atoms with Crippen molar-refractivity contribution >= 4 is 32.6 Å². The summed E-state index contributed by atoms with van der Waals surface area (Å²) in [5.74, 6) is 0. The van der Waals surface area contributed by atoms with Crippen molar-refractivity contribution in [3.63, 3.8) is 0 Å². The van der Waals surface area contributed by atoms with E-state index in [4.69, 9.17) is 5.14 Å². The highest BCUT2D eigenvalue weighted by Crippen LogP contribution is 2.19. The lowest BCUT2D eigenvalue weighted by molar-refractivity contribution is 0.596. The molecule has 2 N–H and O–H groups in total. The minimum Gasteiger partial charge on any atom is -0.225 e. The molecule has 0 aliphatic heterocycles. The zero-order valence-corrected chi connectivity index (χ0v) is 9.39. The maximum Gasteiger partial charge on any atom is 0.239 e. The van der Waals surface area contributed by atoms with Crippen LogP contribution in [0.25, 0.3) is 0 Å². The predicted octanol–water partition coefficient (Wildman–Crippen LogP) is 1.25. The second-order valence-electron chi connectivity index (χ2n) is 2.43. The molecular formula is C7H8INO2S. The Balaban J connectivity index is 3.53. The molecule has 0 fully saturated rings. The molecule has 1 aromatic carbocycles. The van der Waals surface area contributed by atoms with Gasteiger partial charge in [0.25, 0.3) is 0 Å². The fraction of sp³-hybridized carbons (Fsp3) is 0.143. The van der Waals surface area contributed by atoms with Crippen molar-refractivity contribution in [2.24, 2.45) is 5.14 Å². The molecular weight excluding hydrogens is 289 g/mol. The fourth-order valence-electron chi connectivity index (χ4n) is 0.977. The van der Waals surface area contributed by atoms with Crippen LogP contribution in [0.1, 0.15) is 5.56 Å².